The van der Waals surface area contributed by atoms with E-state index in [0.29, 0.717) is 0 Å². The summed E-state index contributed by atoms with van der Waals surface area (Å²) in [5, 5.41) is 0. The minimum atomic E-state index is -1.51. The van der Waals surface area contributed by atoms with E-state index < -0.39 is 12.3 Å². The van der Waals surface area contributed by atoms with Crippen molar-refractivity contribution < 1.29 is 13.9 Å². The quantitative estimate of drug-likeness (QED) is 0.533. The number of rotatable bonds is 3. The molecule has 0 aromatic carbocycles. The zero-order chi connectivity index (χ0) is 11.8. The molecule has 0 heterocycles. The lowest BCUT2D eigenvalue weighted by Gasteiger charge is -2.05. The number of halogens is 1. The summed E-state index contributed by atoms with van der Waals surface area (Å²) in [7, 11) is 0. The fourth-order valence-corrected chi connectivity index (χ4v) is 2.03. The molecule has 0 aromatic rings. The van der Waals surface area contributed by atoms with Crippen LogP contribution in [0.2, 0.25) is 0 Å². The summed E-state index contributed by atoms with van der Waals surface area (Å²) in [5.74, 6) is -0.420. The Balaban J connectivity index is 2.66. The van der Waals surface area contributed by atoms with E-state index in [0.717, 1.165) is 0 Å². The highest BCUT2D eigenvalue weighted by molar-refractivity contribution is 5.78. The van der Waals surface area contributed by atoms with Gasteiger partial charge in [0.25, 0.3) is 0 Å². The van der Waals surface area contributed by atoms with E-state index in [-0.39, 0.29) is 17.3 Å². The average Bonchev–Trinajstić information content (AvgIpc) is 2.49. The molecule has 3 atom stereocenters. The molecule has 0 radical (unpaired) electrons. The van der Waals surface area contributed by atoms with Gasteiger partial charge in [0.05, 0.1) is 5.92 Å². The van der Waals surface area contributed by atoms with Gasteiger partial charge in [-0.2, -0.15) is 0 Å². The summed E-state index contributed by atoms with van der Waals surface area (Å²) < 4.78 is 17.1. The Morgan fingerprint density at radius 3 is 2.40 bits per heavy atom. The van der Waals surface area contributed by atoms with Gasteiger partial charge in [-0.15, -0.1) is 0 Å². The van der Waals surface area contributed by atoms with Gasteiger partial charge in [0.2, 0.25) is 6.36 Å². The molecule has 0 aliphatic heterocycles. The monoisotopic (exact) mass is 214 g/mol. The smallest absolute Gasteiger partial charge is 0.312 e. The molecule has 0 bridgehead atoms. The Bertz CT molecular complexity index is 288. The maximum atomic E-state index is 12.5. The molecule has 0 N–H and O–H groups in total. The summed E-state index contributed by atoms with van der Waals surface area (Å²) in [4.78, 5) is 11.5. The Hall–Kier alpha value is -0.860. The highest BCUT2D eigenvalue weighted by Crippen LogP contribution is 2.59. The van der Waals surface area contributed by atoms with Crippen LogP contribution in [0.15, 0.2) is 11.6 Å². The molecule has 1 rings (SSSR count). The van der Waals surface area contributed by atoms with Crippen molar-refractivity contribution in [2.75, 3.05) is 0 Å². The summed E-state index contributed by atoms with van der Waals surface area (Å²) in [6, 6.07) is 0. The Labute approximate surface area is 90.5 Å². The summed E-state index contributed by atoms with van der Waals surface area (Å²) >= 11 is 0. The lowest BCUT2D eigenvalue weighted by Crippen LogP contribution is -2.14. The van der Waals surface area contributed by atoms with Gasteiger partial charge >= 0.3 is 5.97 Å². The minimum Gasteiger partial charge on any atom is -0.431 e. The third kappa shape index (κ3) is 2.58. The van der Waals surface area contributed by atoms with Crippen molar-refractivity contribution in [1.82, 2.24) is 0 Å². The lowest BCUT2D eigenvalue weighted by atomic mass is 10.1. The second-order valence-electron chi connectivity index (χ2n) is 5.05. The van der Waals surface area contributed by atoms with Crippen molar-refractivity contribution in [2.24, 2.45) is 17.3 Å². The first kappa shape index (κ1) is 12.2. The number of carbonyl (C=O) groups is 1. The van der Waals surface area contributed by atoms with Crippen LogP contribution in [-0.4, -0.2) is 12.3 Å². The van der Waals surface area contributed by atoms with Gasteiger partial charge in [0.15, 0.2) is 0 Å². The molecule has 1 aliphatic carbocycles. The number of hydrogen-bond acceptors (Lipinski definition) is 2. The minimum absolute atomic E-state index is 0.0940. The van der Waals surface area contributed by atoms with Crippen LogP contribution in [0.5, 0.6) is 0 Å². The number of ether oxygens (including phenoxy) is 1. The molecule has 0 saturated heterocycles. The van der Waals surface area contributed by atoms with Crippen LogP contribution >= 0.6 is 0 Å². The molecule has 0 aromatic heterocycles. The molecule has 15 heavy (non-hydrogen) atoms. The van der Waals surface area contributed by atoms with Gasteiger partial charge in [0.1, 0.15) is 0 Å². The van der Waals surface area contributed by atoms with Crippen LogP contribution in [0.25, 0.3) is 0 Å². The predicted molar refractivity (Wildman–Crippen MR) is 56.9 cm³/mol. The second-order valence-corrected chi connectivity index (χ2v) is 5.05. The third-order valence-corrected chi connectivity index (χ3v) is 2.96. The Morgan fingerprint density at radius 1 is 1.47 bits per heavy atom. The third-order valence-electron chi connectivity index (χ3n) is 2.96. The van der Waals surface area contributed by atoms with Crippen LogP contribution in [0, 0.1) is 17.3 Å². The second kappa shape index (κ2) is 3.95. The first-order valence-corrected chi connectivity index (χ1v) is 5.26. The van der Waals surface area contributed by atoms with Crippen molar-refractivity contribution in [3.63, 3.8) is 0 Å². The standard InChI is InChI=1S/C12H19FO2/c1-7(2)6-9-10(12(9,4)5)11(14)15-8(3)13/h6,8-10H,1-5H3. The molecule has 1 aliphatic rings. The number of alkyl halides is 1. The van der Waals surface area contributed by atoms with E-state index in [1.165, 1.54) is 12.5 Å². The molecule has 1 fully saturated rings. The molecule has 0 spiro atoms. The van der Waals surface area contributed by atoms with Gasteiger partial charge in [-0.25, -0.2) is 4.39 Å². The Morgan fingerprint density at radius 2 is 2.00 bits per heavy atom. The maximum Gasteiger partial charge on any atom is 0.312 e. The average molecular weight is 214 g/mol. The number of carbonyl (C=O) groups excluding carboxylic acids is 1. The molecule has 1 saturated carbocycles. The summed E-state index contributed by atoms with van der Waals surface area (Å²) in [6.45, 7) is 9.23. The number of hydrogen-bond donors (Lipinski definition) is 0. The van der Waals surface area contributed by atoms with Crippen LogP contribution in [0.3, 0.4) is 0 Å². The van der Waals surface area contributed by atoms with Gasteiger partial charge in [-0.1, -0.05) is 25.5 Å². The fourth-order valence-electron chi connectivity index (χ4n) is 2.03. The first-order chi connectivity index (χ1) is 6.76. The van der Waals surface area contributed by atoms with Gasteiger partial charge in [-0.05, 0) is 25.2 Å². The highest BCUT2D eigenvalue weighted by atomic mass is 19.1. The van der Waals surface area contributed by atoms with Crippen molar-refractivity contribution in [2.45, 2.75) is 41.0 Å². The molecular weight excluding hydrogens is 195 g/mol. The molecule has 2 nitrogen and oxygen atoms in total. The van der Waals surface area contributed by atoms with E-state index >= 15 is 0 Å². The molecule has 86 valence electrons. The van der Waals surface area contributed by atoms with Crippen LogP contribution in [0.4, 0.5) is 4.39 Å². The predicted octanol–water partition coefficient (Wildman–Crippen LogP) is 3.08. The van der Waals surface area contributed by atoms with E-state index in [9.17, 15) is 9.18 Å². The van der Waals surface area contributed by atoms with E-state index in [1.54, 1.807) is 0 Å². The first-order valence-electron chi connectivity index (χ1n) is 5.26. The van der Waals surface area contributed by atoms with Crippen molar-refractivity contribution in [3.05, 3.63) is 11.6 Å². The highest BCUT2D eigenvalue weighted by Gasteiger charge is 2.61. The van der Waals surface area contributed by atoms with Crippen molar-refractivity contribution >= 4 is 5.97 Å². The SMILES string of the molecule is CC(C)=CC1C(C(=O)OC(C)F)C1(C)C. The maximum absolute atomic E-state index is 12.5. The molecule has 3 unspecified atom stereocenters. The Kier molecular flexibility index (Phi) is 3.22. The van der Waals surface area contributed by atoms with Crippen molar-refractivity contribution in [3.8, 4) is 0 Å². The van der Waals surface area contributed by atoms with Crippen LogP contribution in [-0.2, 0) is 9.53 Å². The normalized spacial score (nSPS) is 29.2. The van der Waals surface area contributed by atoms with E-state index in [4.69, 9.17) is 0 Å². The fraction of sp³-hybridized carbons (Fsp3) is 0.750. The van der Waals surface area contributed by atoms with E-state index in [2.05, 4.69) is 10.8 Å². The largest absolute Gasteiger partial charge is 0.431 e. The summed E-state index contributed by atoms with van der Waals surface area (Å²) in [5.41, 5.74) is 1.08. The molecule has 0 amide bonds. The van der Waals surface area contributed by atoms with Crippen LogP contribution in [0.1, 0.15) is 34.6 Å². The van der Waals surface area contributed by atoms with E-state index in [1.807, 2.05) is 27.7 Å². The summed E-state index contributed by atoms with van der Waals surface area (Å²) in [6.07, 6.45) is 0.552. The molecule has 3 heteroatoms. The zero-order valence-electron chi connectivity index (χ0n) is 10.0. The lowest BCUT2D eigenvalue weighted by molar-refractivity contribution is -0.158. The van der Waals surface area contributed by atoms with Gasteiger partial charge in [0, 0.05) is 6.92 Å². The number of allylic oxidation sites excluding steroid dienone is 2. The number of esters is 1. The topological polar surface area (TPSA) is 26.3 Å². The van der Waals surface area contributed by atoms with Gasteiger partial charge in [-0.3, -0.25) is 4.79 Å². The molecular formula is C12H19FO2. The van der Waals surface area contributed by atoms with Crippen molar-refractivity contribution in [1.29, 1.82) is 0 Å². The zero-order valence-corrected chi connectivity index (χ0v) is 10.0. The van der Waals surface area contributed by atoms with Crippen LogP contribution < -0.4 is 0 Å². The van der Waals surface area contributed by atoms with Gasteiger partial charge < -0.3 is 4.74 Å².